The van der Waals surface area contributed by atoms with E-state index < -0.39 is 16.6 Å². The summed E-state index contributed by atoms with van der Waals surface area (Å²) in [6, 6.07) is 4.38. The number of hydrogen-bond donors (Lipinski definition) is 1. The fourth-order valence-electron chi connectivity index (χ4n) is 2.59. The van der Waals surface area contributed by atoms with Gasteiger partial charge in [0.15, 0.2) is 5.75 Å². The molecule has 0 saturated carbocycles. The van der Waals surface area contributed by atoms with E-state index >= 15 is 0 Å². The highest BCUT2D eigenvalue weighted by atomic mass is 16.6. The third-order valence-corrected chi connectivity index (χ3v) is 3.66. The fraction of sp³-hybridized carbons (Fsp3) is 0.562. The van der Waals surface area contributed by atoms with Crippen molar-refractivity contribution in [1.29, 1.82) is 0 Å². The summed E-state index contributed by atoms with van der Waals surface area (Å²) in [7, 11) is 1.39. The van der Waals surface area contributed by atoms with E-state index in [4.69, 9.17) is 9.47 Å². The molecule has 8 nitrogen and oxygen atoms in total. The second-order valence-corrected chi connectivity index (χ2v) is 6.58. The molecular weight excluding hydrogens is 314 g/mol. The van der Waals surface area contributed by atoms with E-state index in [0.29, 0.717) is 19.6 Å². The molecule has 2 rings (SSSR count). The van der Waals surface area contributed by atoms with Crippen molar-refractivity contribution in [2.45, 2.75) is 32.4 Å². The Morgan fingerprint density at radius 1 is 1.42 bits per heavy atom. The molecule has 1 aromatic carbocycles. The number of carbonyl (C=O) groups excluding carboxylic acids is 1. The highest BCUT2D eigenvalue weighted by Crippen LogP contribution is 2.32. The first-order valence-electron chi connectivity index (χ1n) is 7.75. The first-order chi connectivity index (χ1) is 11.2. The molecule has 1 unspecified atom stereocenters. The smallest absolute Gasteiger partial charge is 0.410 e. The van der Waals surface area contributed by atoms with Crippen LogP contribution in [0.15, 0.2) is 18.2 Å². The minimum absolute atomic E-state index is 0.103. The van der Waals surface area contributed by atoms with Crippen LogP contribution in [0.5, 0.6) is 5.75 Å². The summed E-state index contributed by atoms with van der Waals surface area (Å²) in [4.78, 5) is 24.6. The van der Waals surface area contributed by atoms with E-state index in [1.807, 2.05) is 20.8 Å². The number of nitro benzene ring substituents is 1. The van der Waals surface area contributed by atoms with Gasteiger partial charge in [0.05, 0.1) is 18.1 Å². The minimum Gasteiger partial charge on any atom is -0.490 e. The quantitative estimate of drug-likeness (QED) is 0.673. The summed E-state index contributed by atoms with van der Waals surface area (Å²) < 4.78 is 10.6. The van der Waals surface area contributed by atoms with Crippen LogP contribution in [0.3, 0.4) is 0 Å². The molecule has 24 heavy (non-hydrogen) atoms. The van der Waals surface area contributed by atoms with E-state index in [-0.39, 0.29) is 17.5 Å². The molecule has 1 aromatic rings. The SMILES string of the molecule is COc1cc(C2CNCCN2C(=O)OC(C)(C)C)ccc1[N+](=O)[O-]. The maximum absolute atomic E-state index is 12.5. The number of nitro groups is 1. The molecular formula is C16H23N3O5. The summed E-state index contributed by atoms with van der Waals surface area (Å²) >= 11 is 0. The van der Waals surface area contributed by atoms with E-state index in [0.717, 1.165) is 5.56 Å². The first-order valence-corrected chi connectivity index (χ1v) is 7.75. The minimum atomic E-state index is -0.584. The highest BCUT2D eigenvalue weighted by molar-refractivity contribution is 5.69. The number of ether oxygens (including phenoxy) is 2. The largest absolute Gasteiger partial charge is 0.490 e. The maximum atomic E-state index is 12.5. The van der Waals surface area contributed by atoms with Crippen molar-refractivity contribution in [1.82, 2.24) is 10.2 Å². The zero-order valence-corrected chi connectivity index (χ0v) is 14.4. The van der Waals surface area contributed by atoms with Gasteiger partial charge in [-0.3, -0.25) is 15.0 Å². The van der Waals surface area contributed by atoms with E-state index in [1.165, 1.54) is 13.2 Å². The van der Waals surface area contributed by atoms with E-state index in [2.05, 4.69) is 5.32 Å². The summed E-state index contributed by atoms with van der Waals surface area (Å²) in [5.41, 5.74) is 0.0731. The Balaban J connectivity index is 2.30. The van der Waals surface area contributed by atoms with Crippen molar-refractivity contribution < 1.29 is 19.2 Å². The molecule has 1 aliphatic rings. The Morgan fingerprint density at radius 3 is 2.71 bits per heavy atom. The van der Waals surface area contributed by atoms with Gasteiger partial charge in [-0.1, -0.05) is 0 Å². The number of carbonyl (C=O) groups is 1. The number of nitrogens with zero attached hydrogens (tertiary/aromatic N) is 2. The van der Waals surface area contributed by atoms with Crippen LogP contribution in [0.4, 0.5) is 10.5 Å². The Kier molecular flexibility index (Phi) is 5.28. The van der Waals surface area contributed by atoms with Crippen LogP contribution in [0.1, 0.15) is 32.4 Å². The number of rotatable bonds is 3. The highest BCUT2D eigenvalue weighted by Gasteiger charge is 2.32. The summed E-state index contributed by atoms with van der Waals surface area (Å²) in [5, 5.41) is 14.3. The number of piperazine rings is 1. The number of nitrogens with one attached hydrogen (secondary N) is 1. The van der Waals surface area contributed by atoms with Crippen LogP contribution in [-0.4, -0.2) is 48.3 Å². The van der Waals surface area contributed by atoms with Gasteiger partial charge >= 0.3 is 11.8 Å². The van der Waals surface area contributed by atoms with Gasteiger partial charge < -0.3 is 14.8 Å². The third kappa shape index (κ3) is 4.14. The Labute approximate surface area is 140 Å². The van der Waals surface area contributed by atoms with Gasteiger partial charge in [-0.25, -0.2) is 4.79 Å². The fourth-order valence-corrected chi connectivity index (χ4v) is 2.59. The molecule has 0 spiro atoms. The Morgan fingerprint density at radius 2 is 2.12 bits per heavy atom. The lowest BCUT2D eigenvalue weighted by Crippen LogP contribution is -2.50. The standard InChI is InChI=1S/C16H23N3O5/c1-16(2,3)24-15(20)18-8-7-17-10-13(18)11-5-6-12(19(21)22)14(9-11)23-4/h5-6,9,13,17H,7-8,10H2,1-4H3. The van der Waals surface area contributed by atoms with Crippen LogP contribution in [-0.2, 0) is 4.74 Å². The van der Waals surface area contributed by atoms with Gasteiger partial charge in [-0.15, -0.1) is 0 Å². The number of methoxy groups -OCH3 is 1. The summed E-state index contributed by atoms with van der Waals surface area (Å²) in [6.07, 6.45) is -0.397. The van der Waals surface area contributed by atoms with Crippen molar-refractivity contribution >= 4 is 11.8 Å². The zero-order chi connectivity index (χ0) is 17.9. The molecule has 1 N–H and O–H groups in total. The van der Waals surface area contributed by atoms with Gasteiger partial charge in [-0.05, 0) is 38.5 Å². The van der Waals surface area contributed by atoms with Gasteiger partial charge in [0.25, 0.3) is 0 Å². The van der Waals surface area contributed by atoms with Crippen LogP contribution in [0, 0.1) is 10.1 Å². The number of benzene rings is 1. The monoisotopic (exact) mass is 337 g/mol. The molecule has 0 aliphatic carbocycles. The molecule has 0 aromatic heterocycles. The van der Waals surface area contributed by atoms with Crippen molar-refractivity contribution in [2.24, 2.45) is 0 Å². The first kappa shape index (κ1) is 18.0. The zero-order valence-electron chi connectivity index (χ0n) is 14.4. The van der Waals surface area contributed by atoms with Crippen molar-refractivity contribution in [3.63, 3.8) is 0 Å². The molecule has 0 bridgehead atoms. The molecule has 0 radical (unpaired) electrons. The maximum Gasteiger partial charge on any atom is 0.410 e. The van der Waals surface area contributed by atoms with E-state index in [1.54, 1.807) is 17.0 Å². The number of hydrogen-bond acceptors (Lipinski definition) is 6. The number of amides is 1. The predicted octanol–water partition coefficient (Wildman–Crippen LogP) is 2.48. The lowest BCUT2D eigenvalue weighted by Gasteiger charge is -2.37. The lowest BCUT2D eigenvalue weighted by atomic mass is 10.0. The van der Waals surface area contributed by atoms with Crippen LogP contribution < -0.4 is 10.1 Å². The molecule has 1 heterocycles. The second kappa shape index (κ2) is 7.04. The van der Waals surface area contributed by atoms with Crippen LogP contribution in [0.2, 0.25) is 0 Å². The van der Waals surface area contributed by atoms with Crippen molar-refractivity contribution in [3.8, 4) is 5.75 Å². The normalized spacial score (nSPS) is 18.2. The lowest BCUT2D eigenvalue weighted by molar-refractivity contribution is -0.385. The van der Waals surface area contributed by atoms with Gasteiger partial charge in [0.2, 0.25) is 0 Å². The topological polar surface area (TPSA) is 93.9 Å². The van der Waals surface area contributed by atoms with Gasteiger partial charge in [-0.2, -0.15) is 0 Å². The molecule has 1 saturated heterocycles. The molecule has 1 atom stereocenters. The average Bonchev–Trinajstić information content (AvgIpc) is 2.52. The molecule has 132 valence electrons. The summed E-state index contributed by atoms with van der Waals surface area (Å²) in [5.74, 6) is 0.173. The second-order valence-electron chi connectivity index (χ2n) is 6.58. The van der Waals surface area contributed by atoms with Crippen molar-refractivity contribution in [3.05, 3.63) is 33.9 Å². The van der Waals surface area contributed by atoms with Crippen LogP contribution >= 0.6 is 0 Å². The predicted molar refractivity (Wildman–Crippen MR) is 88.2 cm³/mol. The van der Waals surface area contributed by atoms with Crippen LogP contribution in [0.25, 0.3) is 0 Å². The Hall–Kier alpha value is -2.35. The molecule has 1 amide bonds. The molecule has 8 heteroatoms. The third-order valence-electron chi connectivity index (χ3n) is 3.66. The van der Waals surface area contributed by atoms with Crippen molar-refractivity contribution in [2.75, 3.05) is 26.7 Å². The molecule has 1 fully saturated rings. The van der Waals surface area contributed by atoms with Gasteiger partial charge in [0, 0.05) is 25.7 Å². The molecule has 1 aliphatic heterocycles. The Bertz CT molecular complexity index is 627. The average molecular weight is 337 g/mol. The van der Waals surface area contributed by atoms with E-state index in [9.17, 15) is 14.9 Å². The summed E-state index contributed by atoms with van der Waals surface area (Å²) in [6.45, 7) is 7.16. The van der Waals surface area contributed by atoms with Gasteiger partial charge in [0.1, 0.15) is 5.60 Å².